The van der Waals surface area contributed by atoms with Crippen LogP contribution >= 0.6 is 0 Å². The van der Waals surface area contributed by atoms with Gasteiger partial charge in [-0.25, -0.2) is 4.57 Å². The van der Waals surface area contributed by atoms with Crippen molar-refractivity contribution in [3.05, 3.63) is 83.6 Å². The fraction of sp³-hybridized carbons (Fsp3) is 0.306. The molecule has 0 saturated heterocycles. The fourth-order valence-corrected chi connectivity index (χ4v) is 8.00. The van der Waals surface area contributed by atoms with Gasteiger partial charge in [-0.2, -0.15) is 0 Å². The number of pyridine rings is 2. The van der Waals surface area contributed by atoms with Crippen molar-refractivity contribution in [3.63, 3.8) is 0 Å². The quantitative estimate of drug-likeness (QED) is 0.131. The second-order valence-electron chi connectivity index (χ2n) is 12.2. The van der Waals surface area contributed by atoms with E-state index in [0.29, 0.717) is 11.8 Å². The van der Waals surface area contributed by atoms with E-state index < -0.39 is 0 Å². The first-order chi connectivity index (χ1) is 18.5. The molecule has 0 bridgehead atoms. The van der Waals surface area contributed by atoms with Crippen molar-refractivity contribution in [2.75, 3.05) is 0 Å². The first kappa shape index (κ1) is 22.3. The fourth-order valence-electron chi connectivity index (χ4n) is 8.00. The van der Waals surface area contributed by atoms with Crippen LogP contribution in [0, 0.1) is 12.8 Å². The van der Waals surface area contributed by atoms with Crippen LogP contribution in [-0.2, 0) is 13.5 Å². The number of aromatic nitrogens is 2. The summed E-state index contributed by atoms with van der Waals surface area (Å²) < 4.78 is 5.09. The van der Waals surface area contributed by atoms with Crippen LogP contribution in [0.15, 0.2) is 66.9 Å². The second-order valence-corrected chi connectivity index (χ2v) is 12.2. The molecular weight excluding hydrogens is 460 g/mol. The summed E-state index contributed by atoms with van der Waals surface area (Å²) in [5.74, 6) is 1.21. The van der Waals surface area contributed by atoms with Crippen molar-refractivity contribution >= 4 is 59.8 Å². The highest BCUT2D eigenvalue weighted by molar-refractivity contribution is 6.29. The molecule has 8 rings (SSSR count). The lowest BCUT2D eigenvalue weighted by Gasteiger charge is -2.22. The summed E-state index contributed by atoms with van der Waals surface area (Å²) in [6, 6.07) is 23.2. The molecule has 1 aliphatic carbocycles. The van der Waals surface area contributed by atoms with Crippen molar-refractivity contribution in [3.8, 4) is 0 Å². The summed E-state index contributed by atoms with van der Waals surface area (Å²) >= 11 is 0. The molecule has 0 aliphatic heterocycles. The van der Waals surface area contributed by atoms with E-state index >= 15 is 0 Å². The first-order valence-electron chi connectivity index (χ1n) is 14.5. The third-order valence-corrected chi connectivity index (χ3v) is 9.46. The van der Waals surface area contributed by atoms with Gasteiger partial charge in [-0.05, 0) is 83.0 Å². The maximum Gasteiger partial charge on any atom is 0.224 e. The molecule has 1 fully saturated rings. The van der Waals surface area contributed by atoms with Crippen LogP contribution in [0.2, 0.25) is 0 Å². The van der Waals surface area contributed by atoms with Crippen LogP contribution < -0.4 is 4.57 Å². The van der Waals surface area contributed by atoms with Gasteiger partial charge in [0.05, 0.1) is 27.3 Å². The van der Waals surface area contributed by atoms with Gasteiger partial charge in [0.2, 0.25) is 5.52 Å². The molecule has 3 heterocycles. The molecule has 2 heteroatoms. The van der Waals surface area contributed by atoms with E-state index in [9.17, 15) is 0 Å². The molecule has 1 saturated carbocycles. The smallest absolute Gasteiger partial charge is 0.224 e. The minimum absolute atomic E-state index is 0.604. The summed E-state index contributed by atoms with van der Waals surface area (Å²) in [4.78, 5) is 0. The molecule has 1 aliphatic rings. The predicted molar refractivity (Wildman–Crippen MR) is 162 cm³/mol. The minimum atomic E-state index is 0.604. The Balaban J connectivity index is 1.78. The molecule has 0 amide bonds. The van der Waals surface area contributed by atoms with Gasteiger partial charge in [-0.1, -0.05) is 69.2 Å². The molecule has 0 unspecified atom stereocenters. The Morgan fingerprint density at radius 1 is 0.842 bits per heavy atom. The summed E-state index contributed by atoms with van der Waals surface area (Å²) in [5.41, 5.74) is 10.1. The number of aryl methyl sites for hydroxylation is 2. The molecular formula is C36H35N2+. The summed E-state index contributed by atoms with van der Waals surface area (Å²) in [6.45, 7) is 7.06. The lowest BCUT2D eigenvalue weighted by Crippen LogP contribution is -2.29. The monoisotopic (exact) mass is 495 g/mol. The first-order valence-corrected chi connectivity index (χ1v) is 14.5. The Kier molecular flexibility index (Phi) is 4.66. The van der Waals surface area contributed by atoms with Gasteiger partial charge >= 0.3 is 0 Å². The molecule has 38 heavy (non-hydrogen) atoms. The maximum atomic E-state index is 2.70. The highest BCUT2D eigenvalue weighted by Crippen LogP contribution is 2.49. The third kappa shape index (κ3) is 2.81. The molecule has 0 radical (unpaired) electrons. The number of rotatable bonds is 3. The Labute approximate surface area is 223 Å². The van der Waals surface area contributed by atoms with Crippen molar-refractivity contribution < 1.29 is 4.57 Å². The molecule has 0 atom stereocenters. The van der Waals surface area contributed by atoms with E-state index in [1.165, 1.54) is 96.6 Å². The van der Waals surface area contributed by atoms with Crippen molar-refractivity contribution in [1.82, 2.24) is 4.40 Å². The number of hydrogen-bond donors (Lipinski definition) is 0. The van der Waals surface area contributed by atoms with Gasteiger partial charge in [0.15, 0.2) is 6.20 Å². The van der Waals surface area contributed by atoms with E-state index in [1.807, 2.05) is 0 Å². The SMILES string of the molecule is Cc1c2ccccc2c(C2CCCC2)c2c1c1c3c(cc[n+]1C)cc(CC(C)C)c1c4ccccc4n2c13. The van der Waals surface area contributed by atoms with Gasteiger partial charge in [0.25, 0.3) is 0 Å². The molecule has 3 aromatic heterocycles. The van der Waals surface area contributed by atoms with E-state index in [1.54, 1.807) is 5.56 Å². The number of fused-ring (bicyclic) bond motifs is 7. The molecule has 0 spiro atoms. The molecule has 7 aromatic rings. The third-order valence-electron chi connectivity index (χ3n) is 9.46. The minimum Gasteiger partial charge on any atom is -0.307 e. The van der Waals surface area contributed by atoms with Crippen LogP contribution in [-0.4, -0.2) is 4.40 Å². The predicted octanol–water partition coefficient (Wildman–Crippen LogP) is 9.13. The Morgan fingerprint density at radius 2 is 1.55 bits per heavy atom. The molecule has 4 aromatic carbocycles. The van der Waals surface area contributed by atoms with Crippen LogP contribution in [0.3, 0.4) is 0 Å². The number of nitrogens with zero attached hydrogens (tertiary/aromatic N) is 2. The lowest BCUT2D eigenvalue weighted by atomic mass is 9.85. The van der Waals surface area contributed by atoms with E-state index in [2.05, 4.69) is 104 Å². The zero-order chi connectivity index (χ0) is 25.7. The Morgan fingerprint density at radius 3 is 2.32 bits per heavy atom. The maximum absolute atomic E-state index is 2.70. The zero-order valence-electron chi connectivity index (χ0n) is 22.9. The number of para-hydroxylation sites is 1. The number of benzene rings is 4. The van der Waals surface area contributed by atoms with Gasteiger partial charge in [0, 0.05) is 16.8 Å². The van der Waals surface area contributed by atoms with Crippen LogP contribution in [0.1, 0.15) is 62.1 Å². The normalized spacial score (nSPS) is 15.2. The largest absolute Gasteiger partial charge is 0.307 e. The Bertz CT molecular complexity index is 2050. The molecule has 188 valence electrons. The van der Waals surface area contributed by atoms with Crippen molar-refractivity contribution in [2.45, 2.75) is 58.8 Å². The van der Waals surface area contributed by atoms with Gasteiger partial charge in [-0.3, -0.25) is 0 Å². The molecule has 0 N–H and O–H groups in total. The zero-order valence-corrected chi connectivity index (χ0v) is 22.9. The average molecular weight is 496 g/mol. The summed E-state index contributed by atoms with van der Waals surface area (Å²) in [6.07, 6.45) is 8.63. The van der Waals surface area contributed by atoms with Crippen LogP contribution in [0.4, 0.5) is 0 Å². The van der Waals surface area contributed by atoms with E-state index in [4.69, 9.17) is 0 Å². The van der Waals surface area contributed by atoms with Gasteiger partial charge in [-0.15, -0.1) is 0 Å². The van der Waals surface area contributed by atoms with E-state index in [-0.39, 0.29) is 0 Å². The van der Waals surface area contributed by atoms with Crippen LogP contribution in [0.25, 0.3) is 59.8 Å². The second kappa shape index (κ2) is 7.93. The topological polar surface area (TPSA) is 8.29 Å². The summed E-state index contributed by atoms with van der Waals surface area (Å²) in [7, 11) is 2.24. The lowest BCUT2D eigenvalue weighted by molar-refractivity contribution is -0.643. The van der Waals surface area contributed by atoms with Crippen molar-refractivity contribution in [1.29, 1.82) is 0 Å². The highest BCUT2D eigenvalue weighted by atomic mass is 15.0. The van der Waals surface area contributed by atoms with E-state index in [0.717, 1.165) is 6.42 Å². The molecule has 2 nitrogen and oxygen atoms in total. The number of hydrogen-bond acceptors (Lipinski definition) is 0. The Hall–Kier alpha value is -3.65. The van der Waals surface area contributed by atoms with Crippen LogP contribution in [0.5, 0.6) is 0 Å². The van der Waals surface area contributed by atoms with Gasteiger partial charge < -0.3 is 4.40 Å². The highest BCUT2D eigenvalue weighted by Gasteiger charge is 2.31. The van der Waals surface area contributed by atoms with Gasteiger partial charge in [0.1, 0.15) is 7.05 Å². The summed E-state index contributed by atoms with van der Waals surface area (Å²) in [5, 5.41) is 9.95. The standard InChI is InChI=1S/C36H35N2/c1-21(2)19-25-20-24-17-18-37(4)34-30-22(3)26-13-7-8-14-27(26)31(23-11-5-6-12-23)35(30)38-29-16-10-9-15-28(29)32(25)36(38)33(24)34/h7-10,13-18,20-21,23H,5-6,11-12,19H2,1-4H3/q+1. The average Bonchev–Trinajstić information content (AvgIpc) is 3.56. The van der Waals surface area contributed by atoms with Crippen molar-refractivity contribution in [2.24, 2.45) is 13.0 Å².